The maximum absolute atomic E-state index is 13.6. The molecule has 0 saturated heterocycles. The minimum absolute atomic E-state index is 0.209. The smallest absolute Gasteiger partial charge is 0.122 e. The molecular formula is C62H100O4Si4. The van der Waals surface area contributed by atoms with Crippen molar-refractivity contribution in [1.29, 1.82) is 0 Å². The molecule has 388 valence electrons. The first-order valence-corrected chi connectivity index (χ1v) is 38.8. The van der Waals surface area contributed by atoms with Gasteiger partial charge in [0.1, 0.15) is 23.0 Å². The zero-order valence-corrected chi connectivity index (χ0v) is 53.7. The summed E-state index contributed by atoms with van der Waals surface area (Å²) >= 11 is 0. The maximum atomic E-state index is 13.6. The van der Waals surface area contributed by atoms with Crippen LogP contribution in [0.4, 0.5) is 0 Å². The Morgan fingerprint density at radius 3 is 0.557 bits per heavy atom. The molecule has 4 nitrogen and oxygen atoms in total. The number of hydrogen-bond acceptors (Lipinski definition) is 4. The summed E-state index contributed by atoms with van der Waals surface area (Å²) in [5.74, 6) is 0.835. The van der Waals surface area contributed by atoms with Gasteiger partial charge < -0.3 is 20.4 Å². The van der Waals surface area contributed by atoms with E-state index in [1.165, 1.54) is 0 Å². The number of aromatic hydroxyl groups is 4. The summed E-state index contributed by atoms with van der Waals surface area (Å²) in [5.41, 5.74) is 7.95. The van der Waals surface area contributed by atoms with Crippen molar-refractivity contribution in [3.63, 3.8) is 0 Å². The van der Waals surface area contributed by atoms with Crippen LogP contribution in [0, 0.1) is 0 Å². The largest absolute Gasteiger partial charge is 0.507 e. The number of phenols is 4. The summed E-state index contributed by atoms with van der Waals surface area (Å²) in [7, 11) is -9.57. The molecule has 0 bridgehead atoms. The van der Waals surface area contributed by atoms with E-state index in [1.54, 1.807) is 0 Å². The highest BCUT2D eigenvalue weighted by molar-refractivity contribution is 6.93. The van der Waals surface area contributed by atoms with E-state index in [-0.39, 0.29) is 44.7 Å². The molecule has 0 amide bonds. The Labute approximate surface area is 432 Å². The summed E-state index contributed by atoms with van der Waals surface area (Å²) in [6.45, 7) is 63.9. The maximum Gasteiger partial charge on any atom is 0.122 e. The van der Waals surface area contributed by atoms with Gasteiger partial charge in [-0.3, -0.25) is 0 Å². The van der Waals surface area contributed by atoms with Crippen LogP contribution in [0.5, 0.6) is 23.0 Å². The number of rotatable bonds is 12. The summed E-state index contributed by atoms with van der Waals surface area (Å²) < 4.78 is 0. The monoisotopic (exact) mass is 1020 g/mol. The Bertz CT molecular complexity index is 2270. The van der Waals surface area contributed by atoms with E-state index in [4.69, 9.17) is 0 Å². The van der Waals surface area contributed by atoms with Crippen molar-refractivity contribution >= 4 is 64.2 Å². The molecule has 0 unspecified atom stereocenters. The fourth-order valence-corrected chi connectivity index (χ4v) is 16.6. The number of phenolic OH excluding ortho intramolecular Hbond substituents is 4. The Morgan fingerprint density at radius 2 is 0.443 bits per heavy atom. The zero-order chi connectivity index (χ0) is 54.4. The van der Waals surface area contributed by atoms with Crippen molar-refractivity contribution in [2.45, 2.75) is 235 Å². The average molecular weight is 1020 g/mol. The molecule has 4 aromatic carbocycles. The summed E-state index contributed by atoms with van der Waals surface area (Å²) in [6, 6.07) is 17.7. The second-order valence-electron chi connectivity index (χ2n) is 28.9. The van der Waals surface area contributed by atoms with Crippen LogP contribution in [0.2, 0.25) is 74.5 Å². The molecule has 0 aromatic heterocycles. The first-order valence-electron chi connectivity index (χ1n) is 26.5. The van der Waals surface area contributed by atoms with Gasteiger partial charge in [0.05, 0.1) is 32.3 Å². The van der Waals surface area contributed by atoms with Crippen molar-refractivity contribution in [2.24, 2.45) is 0 Å². The van der Waals surface area contributed by atoms with Crippen LogP contribution < -0.4 is 20.7 Å². The zero-order valence-electron chi connectivity index (χ0n) is 49.7. The van der Waals surface area contributed by atoms with E-state index in [0.717, 1.165) is 43.0 Å². The van der Waals surface area contributed by atoms with Crippen molar-refractivity contribution in [2.75, 3.05) is 0 Å². The minimum Gasteiger partial charge on any atom is -0.507 e. The molecule has 0 aliphatic heterocycles. The molecule has 4 aromatic rings. The fourth-order valence-electron chi connectivity index (χ4n) is 9.07. The SMILES string of the molecule is CC(C)[Si](C)(C)c1cc(C(C)(C)C)cc(C(=C(c2cc(C(C)(C)C)cc([Si](C)(C)C(C)C)c2O)c2cc(C(C)(C)C)cc([Si](C)(C)C(C)C)c2O)c2cc(C(C)(C)C)cc([Si](C)(C)C(C)C)c2O)c1O. The van der Waals surface area contributed by atoms with Crippen molar-refractivity contribution < 1.29 is 20.4 Å². The van der Waals surface area contributed by atoms with Gasteiger partial charge in [-0.25, -0.2) is 0 Å². The lowest BCUT2D eigenvalue weighted by Crippen LogP contribution is -2.46. The van der Waals surface area contributed by atoms with Gasteiger partial charge in [0.25, 0.3) is 0 Å². The van der Waals surface area contributed by atoms with Crippen molar-refractivity contribution in [3.05, 3.63) is 93.0 Å². The molecule has 0 spiro atoms. The van der Waals surface area contributed by atoms with Gasteiger partial charge >= 0.3 is 0 Å². The number of hydrogen-bond donors (Lipinski definition) is 4. The molecule has 0 atom stereocenters. The van der Waals surface area contributed by atoms with E-state index in [2.05, 4.69) is 239 Å². The van der Waals surface area contributed by atoms with Gasteiger partial charge in [0.2, 0.25) is 0 Å². The first kappa shape index (κ1) is 59.3. The van der Waals surface area contributed by atoms with E-state index in [0.29, 0.717) is 55.6 Å². The minimum atomic E-state index is -2.39. The van der Waals surface area contributed by atoms with Gasteiger partial charge in [-0.2, -0.15) is 0 Å². The molecule has 0 saturated carbocycles. The lowest BCUT2D eigenvalue weighted by molar-refractivity contribution is 0.471. The van der Waals surface area contributed by atoms with E-state index in [1.807, 2.05) is 0 Å². The highest BCUT2D eigenvalue weighted by Crippen LogP contribution is 2.51. The Kier molecular flexibility index (Phi) is 16.5. The molecule has 8 heteroatoms. The van der Waals surface area contributed by atoms with Crippen LogP contribution in [-0.4, -0.2) is 52.7 Å². The van der Waals surface area contributed by atoms with Gasteiger partial charge in [0.15, 0.2) is 0 Å². The summed E-state index contributed by atoms with van der Waals surface area (Å²) in [4.78, 5) is 0. The second kappa shape index (κ2) is 19.5. The highest BCUT2D eigenvalue weighted by atomic mass is 28.3. The molecule has 4 N–H and O–H groups in total. The Morgan fingerprint density at radius 1 is 0.300 bits per heavy atom. The molecule has 0 radical (unpaired) electrons. The third kappa shape index (κ3) is 11.3. The molecule has 0 fully saturated rings. The molecule has 4 rings (SSSR count). The molecule has 0 aliphatic carbocycles. The third-order valence-electron chi connectivity index (χ3n) is 17.8. The number of benzene rings is 4. The highest BCUT2D eigenvalue weighted by Gasteiger charge is 2.41. The van der Waals surface area contributed by atoms with Crippen LogP contribution in [0.3, 0.4) is 0 Å². The van der Waals surface area contributed by atoms with E-state index >= 15 is 0 Å². The quantitative estimate of drug-likeness (QED) is 0.0842. The van der Waals surface area contributed by atoms with Gasteiger partial charge in [0, 0.05) is 33.4 Å². The molecular weight excluding hydrogens is 921 g/mol. The Balaban J connectivity index is 2.83. The van der Waals surface area contributed by atoms with Crippen LogP contribution >= 0.6 is 0 Å². The standard InChI is InChI=1S/C62H100O4Si4/c1-37(2)67(21,22)49-33-41(59(9,10)11)29-45(55(49)63)53(46-30-42(60(12,13)14)34-50(56(46)64)68(23,24)38(3)4)54(47-31-43(61(15,16)17)35-51(57(47)65)69(25,26)39(5)6)48-32-44(62(18,19)20)36-52(58(48)66)70(27,28)40(7)8/h29-40,63-66H,1-28H3. The van der Waals surface area contributed by atoms with Crippen LogP contribution in [-0.2, 0) is 21.7 Å². The van der Waals surface area contributed by atoms with Gasteiger partial charge in [-0.1, -0.05) is 215 Å². The predicted molar refractivity (Wildman–Crippen MR) is 321 cm³/mol. The lowest BCUT2D eigenvalue weighted by atomic mass is 9.77. The van der Waals surface area contributed by atoms with E-state index in [9.17, 15) is 20.4 Å². The fraction of sp³-hybridized carbons (Fsp3) is 0.581. The van der Waals surface area contributed by atoms with E-state index < -0.39 is 32.3 Å². The van der Waals surface area contributed by atoms with Crippen LogP contribution in [0.25, 0.3) is 11.1 Å². The van der Waals surface area contributed by atoms with Crippen molar-refractivity contribution in [1.82, 2.24) is 0 Å². The summed E-state index contributed by atoms with van der Waals surface area (Å²) in [5, 5.41) is 58.3. The van der Waals surface area contributed by atoms with Gasteiger partial charge in [-0.05, 0) is 111 Å². The van der Waals surface area contributed by atoms with Crippen LogP contribution in [0.1, 0.15) is 183 Å². The first-order chi connectivity index (χ1) is 31.3. The lowest BCUT2D eigenvalue weighted by Gasteiger charge is -2.36. The molecule has 70 heavy (non-hydrogen) atoms. The normalized spacial score (nSPS) is 13.9. The predicted octanol–water partition coefficient (Wildman–Crippen LogP) is 16.0. The van der Waals surface area contributed by atoms with Gasteiger partial charge in [-0.15, -0.1) is 0 Å². The Hall–Kier alpha value is -3.31. The third-order valence-corrected chi connectivity index (χ3v) is 36.4. The van der Waals surface area contributed by atoms with Crippen molar-refractivity contribution in [3.8, 4) is 23.0 Å². The molecule has 0 aliphatic rings. The average Bonchev–Trinajstić information content (AvgIpc) is 3.18. The summed E-state index contributed by atoms with van der Waals surface area (Å²) in [6.07, 6.45) is 0. The topological polar surface area (TPSA) is 80.9 Å². The molecule has 0 heterocycles. The second-order valence-corrected chi connectivity index (χ2v) is 49.5. The van der Waals surface area contributed by atoms with Crippen LogP contribution in [0.15, 0.2) is 48.5 Å².